The van der Waals surface area contributed by atoms with Crippen molar-refractivity contribution >= 4 is 40.8 Å². The van der Waals surface area contributed by atoms with Crippen molar-refractivity contribution in [2.75, 3.05) is 62.3 Å². The lowest BCUT2D eigenvalue weighted by atomic mass is 10.1. The van der Waals surface area contributed by atoms with Crippen LogP contribution in [0.2, 0.25) is 5.15 Å². The molecular formula is C26H27ClFN5O2S. The highest BCUT2D eigenvalue weighted by molar-refractivity contribution is 7.98. The van der Waals surface area contributed by atoms with E-state index in [0.29, 0.717) is 66.7 Å². The minimum atomic E-state index is -0.230. The minimum Gasteiger partial charge on any atom is -0.378 e. The zero-order chi connectivity index (χ0) is 24.9. The Hall–Kier alpha value is -2.88. The van der Waals surface area contributed by atoms with Crippen molar-refractivity contribution in [3.05, 3.63) is 76.7 Å². The second-order valence-corrected chi connectivity index (χ2v) is 9.98. The molecule has 3 heterocycles. The fourth-order valence-electron chi connectivity index (χ4n) is 4.34. The number of nitrogens with zero attached hydrogens (tertiary/aromatic N) is 5. The SMILES string of the molecule is O=C(c1ccc(CSc2nc(Cl)cc(N3CCOCC3)n2)cc1)N1CCN(c2ccccc2F)CC1. The molecule has 2 fully saturated rings. The highest BCUT2D eigenvalue weighted by atomic mass is 35.5. The van der Waals surface area contributed by atoms with E-state index in [1.807, 2.05) is 40.1 Å². The van der Waals surface area contributed by atoms with E-state index < -0.39 is 0 Å². The lowest BCUT2D eigenvalue weighted by Gasteiger charge is -2.36. The lowest BCUT2D eigenvalue weighted by molar-refractivity contribution is 0.0746. The third-order valence-corrected chi connectivity index (χ3v) is 7.44. The van der Waals surface area contributed by atoms with Gasteiger partial charge in [-0.2, -0.15) is 0 Å². The van der Waals surface area contributed by atoms with Gasteiger partial charge >= 0.3 is 0 Å². The maximum absolute atomic E-state index is 14.1. The second-order valence-electron chi connectivity index (χ2n) is 8.65. The first kappa shape index (κ1) is 24.8. The average Bonchev–Trinajstić information content (AvgIpc) is 2.92. The number of ether oxygens (including phenoxy) is 1. The molecule has 0 unspecified atom stereocenters. The van der Waals surface area contributed by atoms with E-state index in [1.54, 1.807) is 18.2 Å². The summed E-state index contributed by atoms with van der Waals surface area (Å²) < 4.78 is 19.5. The monoisotopic (exact) mass is 527 g/mol. The van der Waals surface area contributed by atoms with Gasteiger partial charge in [0.2, 0.25) is 0 Å². The molecule has 3 aromatic rings. The number of aromatic nitrogens is 2. The van der Waals surface area contributed by atoms with E-state index in [9.17, 15) is 9.18 Å². The van der Waals surface area contributed by atoms with Crippen molar-refractivity contribution in [3.8, 4) is 0 Å². The molecule has 2 aromatic carbocycles. The molecule has 5 rings (SSSR count). The predicted molar refractivity (Wildman–Crippen MR) is 141 cm³/mol. The summed E-state index contributed by atoms with van der Waals surface area (Å²) in [6.07, 6.45) is 0. The number of hydrogen-bond acceptors (Lipinski definition) is 7. The van der Waals surface area contributed by atoms with Crippen molar-refractivity contribution in [2.24, 2.45) is 0 Å². The molecule has 1 aromatic heterocycles. The number of para-hydroxylation sites is 1. The third kappa shape index (κ3) is 5.91. The largest absolute Gasteiger partial charge is 0.378 e. The fourth-order valence-corrected chi connectivity index (χ4v) is 5.37. The zero-order valence-corrected chi connectivity index (χ0v) is 21.3. The summed E-state index contributed by atoms with van der Waals surface area (Å²) >= 11 is 7.76. The minimum absolute atomic E-state index is 0.00397. The molecule has 0 bridgehead atoms. The van der Waals surface area contributed by atoms with Crippen molar-refractivity contribution < 1.29 is 13.9 Å². The van der Waals surface area contributed by atoms with Gasteiger partial charge in [0.25, 0.3) is 5.91 Å². The van der Waals surface area contributed by atoms with E-state index in [1.165, 1.54) is 17.8 Å². The summed E-state index contributed by atoms with van der Waals surface area (Å²) in [4.78, 5) is 28.0. The quantitative estimate of drug-likeness (QED) is 0.268. The summed E-state index contributed by atoms with van der Waals surface area (Å²) in [5.74, 6) is 1.25. The number of halogens is 2. The number of anilines is 2. The Balaban J connectivity index is 1.16. The molecule has 0 saturated carbocycles. The molecule has 0 atom stereocenters. The molecule has 2 aliphatic rings. The molecule has 188 valence electrons. The first-order chi connectivity index (χ1) is 17.6. The number of carbonyl (C=O) groups is 1. The van der Waals surface area contributed by atoms with Crippen LogP contribution in [0.1, 0.15) is 15.9 Å². The van der Waals surface area contributed by atoms with E-state index in [0.717, 1.165) is 24.5 Å². The van der Waals surface area contributed by atoms with Crippen LogP contribution in [0.25, 0.3) is 0 Å². The van der Waals surface area contributed by atoms with Gasteiger partial charge in [-0.05, 0) is 29.8 Å². The summed E-state index contributed by atoms with van der Waals surface area (Å²) in [6.45, 7) is 5.24. The molecule has 0 radical (unpaired) electrons. The molecule has 36 heavy (non-hydrogen) atoms. The number of rotatable bonds is 6. The first-order valence-electron chi connectivity index (χ1n) is 11.9. The Morgan fingerprint density at radius 3 is 2.39 bits per heavy atom. The van der Waals surface area contributed by atoms with Gasteiger partial charge in [-0.3, -0.25) is 4.79 Å². The highest BCUT2D eigenvalue weighted by Gasteiger charge is 2.23. The van der Waals surface area contributed by atoms with Crippen molar-refractivity contribution in [1.82, 2.24) is 14.9 Å². The molecule has 0 aliphatic carbocycles. The van der Waals surface area contributed by atoms with Crippen LogP contribution < -0.4 is 9.80 Å². The van der Waals surface area contributed by atoms with E-state index in [4.69, 9.17) is 16.3 Å². The maximum Gasteiger partial charge on any atom is 0.253 e. The Kier molecular flexibility index (Phi) is 7.89. The Labute approximate surface area is 219 Å². The van der Waals surface area contributed by atoms with Gasteiger partial charge < -0.3 is 19.4 Å². The topological polar surface area (TPSA) is 61.8 Å². The highest BCUT2D eigenvalue weighted by Crippen LogP contribution is 2.26. The van der Waals surface area contributed by atoms with Crippen LogP contribution in [0.4, 0.5) is 15.9 Å². The Bertz CT molecular complexity index is 1200. The number of carbonyl (C=O) groups excluding carboxylic acids is 1. The molecular weight excluding hydrogens is 501 g/mol. The smallest absolute Gasteiger partial charge is 0.253 e. The molecule has 2 saturated heterocycles. The molecule has 7 nitrogen and oxygen atoms in total. The van der Waals surface area contributed by atoms with Gasteiger partial charge in [0.15, 0.2) is 5.16 Å². The Morgan fingerprint density at radius 1 is 0.944 bits per heavy atom. The van der Waals surface area contributed by atoms with E-state index in [-0.39, 0.29) is 11.7 Å². The van der Waals surface area contributed by atoms with Gasteiger partial charge in [0, 0.05) is 56.7 Å². The predicted octanol–water partition coefficient (Wildman–Crippen LogP) is 4.36. The fraction of sp³-hybridized carbons (Fsp3) is 0.346. The van der Waals surface area contributed by atoms with Gasteiger partial charge in [0.1, 0.15) is 16.8 Å². The van der Waals surface area contributed by atoms with Crippen LogP contribution in [-0.2, 0) is 10.5 Å². The van der Waals surface area contributed by atoms with Crippen LogP contribution in [0.3, 0.4) is 0 Å². The second kappa shape index (κ2) is 11.5. The van der Waals surface area contributed by atoms with Crippen molar-refractivity contribution in [3.63, 3.8) is 0 Å². The van der Waals surface area contributed by atoms with Crippen LogP contribution in [0.15, 0.2) is 59.8 Å². The number of hydrogen-bond donors (Lipinski definition) is 0. The third-order valence-electron chi connectivity index (χ3n) is 6.32. The molecule has 10 heteroatoms. The number of amides is 1. The van der Waals surface area contributed by atoms with Crippen LogP contribution in [-0.4, -0.2) is 73.3 Å². The van der Waals surface area contributed by atoms with Crippen molar-refractivity contribution in [2.45, 2.75) is 10.9 Å². The van der Waals surface area contributed by atoms with Gasteiger partial charge in [0.05, 0.1) is 18.9 Å². The van der Waals surface area contributed by atoms with Crippen LogP contribution in [0.5, 0.6) is 0 Å². The summed E-state index contributed by atoms with van der Waals surface area (Å²) in [5, 5.41) is 1.04. The van der Waals surface area contributed by atoms with E-state index in [2.05, 4.69) is 14.9 Å². The number of benzene rings is 2. The number of morpholine rings is 1. The maximum atomic E-state index is 14.1. The zero-order valence-electron chi connectivity index (χ0n) is 19.8. The summed E-state index contributed by atoms with van der Waals surface area (Å²) in [6, 6.07) is 16.2. The normalized spacial score (nSPS) is 16.3. The lowest BCUT2D eigenvalue weighted by Crippen LogP contribution is -2.49. The standard InChI is InChI=1S/C26H27ClFN5O2S/c27-23-17-24(32-13-15-35-16-14-32)30-26(29-23)36-18-19-5-7-20(8-6-19)25(34)33-11-9-31(10-12-33)22-4-2-1-3-21(22)28/h1-8,17H,9-16,18H2. The summed E-state index contributed by atoms with van der Waals surface area (Å²) in [5.41, 5.74) is 2.31. The molecule has 2 aliphatic heterocycles. The summed E-state index contributed by atoms with van der Waals surface area (Å²) in [7, 11) is 0. The van der Waals surface area contributed by atoms with Crippen LogP contribution in [0, 0.1) is 5.82 Å². The molecule has 0 spiro atoms. The van der Waals surface area contributed by atoms with E-state index >= 15 is 0 Å². The molecule has 0 N–H and O–H groups in total. The van der Waals surface area contributed by atoms with Crippen molar-refractivity contribution in [1.29, 1.82) is 0 Å². The molecule has 1 amide bonds. The van der Waals surface area contributed by atoms with Crippen LogP contribution >= 0.6 is 23.4 Å². The van der Waals surface area contributed by atoms with Gasteiger partial charge in [-0.1, -0.05) is 47.6 Å². The number of piperazine rings is 1. The van der Waals surface area contributed by atoms with Gasteiger partial charge in [-0.25, -0.2) is 14.4 Å². The average molecular weight is 528 g/mol. The van der Waals surface area contributed by atoms with Gasteiger partial charge in [-0.15, -0.1) is 0 Å². The number of thioether (sulfide) groups is 1. The first-order valence-corrected chi connectivity index (χ1v) is 13.3. The Morgan fingerprint density at radius 2 is 1.67 bits per heavy atom.